The molecule has 0 aliphatic carbocycles. The summed E-state index contributed by atoms with van der Waals surface area (Å²) in [6, 6.07) is 16.4. The zero-order chi connectivity index (χ0) is 18.5. The highest BCUT2D eigenvalue weighted by molar-refractivity contribution is 6.31. The van der Waals surface area contributed by atoms with Crippen molar-refractivity contribution in [3.05, 3.63) is 88.0 Å². The van der Waals surface area contributed by atoms with Crippen LogP contribution in [0.1, 0.15) is 20.7 Å². The van der Waals surface area contributed by atoms with Gasteiger partial charge < -0.3 is 10.6 Å². The number of pyridine rings is 1. The summed E-state index contributed by atoms with van der Waals surface area (Å²) < 4.78 is 0. The molecule has 1 aromatic heterocycles. The van der Waals surface area contributed by atoms with E-state index in [0.29, 0.717) is 32.7 Å². The summed E-state index contributed by atoms with van der Waals surface area (Å²) in [5.41, 5.74) is 1.13. The zero-order valence-corrected chi connectivity index (χ0v) is 14.9. The molecule has 2 N–H and O–H groups in total. The minimum absolute atomic E-state index is 0.312. The van der Waals surface area contributed by atoms with Gasteiger partial charge in [0, 0.05) is 16.8 Å². The Kier molecular flexibility index (Phi) is 5.51. The standard InChI is InChI=1S/C19H13Cl2N3O2/c20-13-7-5-12(6-8-13)18(25)23-16-4-2-1-3-15(16)19(26)24-17-10-9-14(21)11-22-17/h1-11H,(H,23,25)(H,22,24,26). The molecule has 0 fully saturated rings. The van der Waals surface area contributed by atoms with Gasteiger partial charge in [-0.2, -0.15) is 0 Å². The number of nitrogens with zero attached hydrogens (tertiary/aromatic N) is 1. The third kappa shape index (κ3) is 4.39. The molecule has 0 aliphatic heterocycles. The van der Waals surface area contributed by atoms with Crippen LogP contribution in [0.4, 0.5) is 11.5 Å². The van der Waals surface area contributed by atoms with E-state index in [1.807, 2.05) is 0 Å². The summed E-state index contributed by atoms with van der Waals surface area (Å²) in [7, 11) is 0. The molecule has 0 spiro atoms. The predicted octanol–water partition coefficient (Wildman–Crippen LogP) is 4.89. The van der Waals surface area contributed by atoms with Crippen LogP contribution in [0, 0.1) is 0 Å². The maximum atomic E-state index is 12.5. The van der Waals surface area contributed by atoms with Crippen molar-refractivity contribution in [1.82, 2.24) is 4.98 Å². The fourth-order valence-electron chi connectivity index (χ4n) is 2.22. The fraction of sp³-hybridized carbons (Fsp3) is 0. The number of halogens is 2. The van der Waals surface area contributed by atoms with Crippen LogP contribution in [0.15, 0.2) is 66.9 Å². The number of hydrogen-bond donors (Lipinski definition) is 2. The normalized spacial score (nSPS) is 10.2. The monoisotopic (exact) mass is 385 g/mol. The van der Waals surface area contributed by atoms with Crippen LogP contribution in [-0.2, 0) is 0 Å². The van der Waals surface area contributed by atoms with Crippen molar-refractivity contribution in [3.8, 4) is 0 Å². The van der Waals surface area contributed by atoms with Crippen molar-refractivity contribution < 1.29 is 9.59 Å². The number of anilines is 2. The van der Waals surface area contributed by atoms with Gasteiger partial charge in [0.15, 0.2) is 0 Å². The smallest absolute Gasteiger partial charge is 0.258 e. The number of nitrogens with one attached hydrogen (secondary N) is 2. The lowest BCUT2D eigenvalue weighted by Gasteiger charge is -2.11. The van der Waals surface area contributed by atoms with Gasteiger partial charge in [0.1, 0.15) is 5.82 Å². The molecule has 26 heavy (non-hydrogen) atoms. The SMILES string of the molecule is O=C(Nc1ccccc1C(=O)Nc1ccc(Cl)cn1)c1ccc(Cl)cc1. The van der Waals surface area contributed by atoms with E-state index >= 15 is 0 Å². The molecule has 2 aromatic carbocycles. The maximum absolute atomic E-state index is 12.5. The highest BCUT2D eigenvalue weighted by atomic mass is 35.5. The van der Waals surface area contributed by atoms with Crippen molar-refractivity contribution >= 4 is 46.5 Å². The highest BCUT2D eigenvalue weighted by Crippen LogP contribution is 2.19. The Balaban J connectivity index is 1.79. The van der Waals surface area contributed by atoms with Crippen LogP contribution in [0.5, 0.6) is 0 Å². The average Bonchev–Trinajstić information content (AvgIpc) is 2.64. The number of aromatic nitrogens is 1. The van der Waals surface area contributed by atoms with Gasteiger partial charge in [-0.3, -0.25) is 9.59 Å². The summed E-state index contributed by atoms with van der Waals surface area (Å²) in [4.78, 5) is 28.9. The highest BCUT2D eigenvalue weighted by Gasteiger charge is 2.14. The van der Waals surface area contributed by atoms with Gasteiger partial charge in [-0.15, -0.1) is 0 Å². The lowest BCUT2D eigenvalue weighted by atomic mass is 10.1. The van der Waals surface area contributed by atoms with Crippen LogP contribution in [-0.4, -0.2) is 16.8 Å². The van der Waals surface area contributed by atoms with Gasteiger partial charge in [-0.1, -0.05) is 35.3 Å². The van der Waals surface area contributed by atoms with Crippen molar-refractivity contribution in [2.75, 3.05) is 10.6 Å². The van der Waals surface area contributed by atoms with E-state index in [1.165, 1.54) is 6.20 Å². The van der Waals surface area contributed by atoms with Crippen molar-refractivity contribution in [3.63, 3.8) is 0 Å². The Morgan fingerprint density at radius 3 is 2.15 bits per heavy atom. The van der Waals surface area contributed by atoms with Gasteiger partial charge in [0.2, 0.25) is 0 Å². The number of rotatable bonds is 4. The number of para-hydroxylation sites is 1. The second-order valence-electron chi connectivity index (χ2n) is 5.32. The molecule has 0 radical (unpaired) electrons. The van der Waals surface area contributed by atoms with Crippen LogP contribution in [0.25, 0.3) is 0 Å². The number of carbonyl (C=O) groups excluding carboxylic acids is 2. The third-order valence-corrected chi connectivity index (χ3v) is 3.97. The molecule has 1 heterocycles. The number of amides is 2. The minimum Gasteiger partial charge on any atom is -0.321 e. The topological polar surface area (TPSA) is 71.1 Å². The van der Waals surface area contributed by atoms with Crippen LogP contribution >= 0.6 is 23.2 Å². The van der Waals surface area contributed by atoms with Crippen molar-refractivity contribution in [2.24, 2.45) is 0 Å². The molecule has 3 rings (SSSR count). The van der Waals surface area contributed by atoms with Crippen molar-refractivity contribution in [2.45, 2.75) is 0 Å². The second-order valence-corrected chi connectivity index (χ2v) is 6.20. The first-order chi connectivity index (χ1) is 12.5. The quantitative estimate of drug-likeness (QED) is 0.671. The Morgan fingerprint density at radius 1 is 0.769 bits per heavy atom. The number of benzene rings is 2. The average molecular weight is 386 g/mol. The van der Waals surface area contributed by atoms with E-state index in [0.717, 1.165) is 0 Å². The first-order valence-electron chi connectivity index (χ1n) is 7.62. The molecule has 0 saturated carbocycles. The summed E-state index contributed by atoms with van der Waals surface area (Å²) in [6.07, 6.45) is 1.44. The van der Waals surface area contributed by atoms with E-state index in [2.05, 4.69) is 15.6 Å². The summed E-state index contributed by atoms with van der Waals surface area (Å²) in [5, 5.41) is 6.42. The Bertz CT molecular complexity index is 942. The van der Waals surface area contributed by atoms with Gasteiger partial charge >= 0.3 is 0 Å². The van der Waals surface area contributed by atoms with Gasteiger partial charge in [-0.25, -0.2) is 4.98 Å². The molecule has 0 bridgehead atoms. The number of hydrogen-bond acceptors (Lipinski definition) is 3. The summed E-state index contributed by atoms with van der Waals surface area (Å²) in [6.45, 7) is 0. The van der Waals surface area contributed by atoms with Crippen LogP contribution in [0.3, 0.4) is 0 Å². The molecule has 7 heteroatoms. The third-order valence-electron chi connectivity index (χ3n) is 3.50. The molecule has 0 saturated heterocycles. The Labute approximate surface area is 160 Å². The van der Waals surface area contributed by atoms with Gasteiger partial charge in [-0.05, 0) is 48.5 Å². The minimum atomic E-state index is -0.396. The molecule has 0 atom stereocenters. The molecule has 2 amide bonds. The molecule has 0 aliphatic rings. The van der Waals surface area contributed by atoms with E-state index < -0.39 is 5.91 Å². The van der Waals surface area contributed by atoms with Gasteiger partial charge in [0.05, 0.1) is 16.3 Å². The first kappa shape index (κ1) is 17.9. The second kappa shape index (κ2) is 7.99. The Hall–Kier alpha value is -2.89. The molecule has 130 valence electrons. The zero-order valence-electron chi connectivity index (χ0n) is 13.4. The molecule has 5 nitrogen and oxygen atoms in total. The lowest BCUT2D eigenvalue weighted by Crippen LogP contribution is -2.18. The van der Waals surface area contributed by atoms with E-state index in [9.17, 15) is 9.59 Å². The summed E-state index contributed by atoms with van der Waals surface area (Å²) in [5.74, 6) is -0.378. The molecular formula is C19H13Cl2N3O2. The fourth-order valence-corrected chi connectivity index (χ4v) is 2.46. The summed E-state index contributed by atoms with van der Waals surface area (Å²) >= 11 is 11.6. The van der Waals surface area contributed by atoms with Crippen LogP contribution in [0.2, 0.25) is 10.0 Å². The van der Waals surface area contributed by atoms with Gasteiger partial charge in [0.25, 0.3) is 11.8 Å². The number of carbonyl (C=O) groups is 2. The molecule has 3 aromatic rings. The maximum Gasteiger partial charge on any atom is 0.258 e. The lowest BCUT2D eigenvalue weighted by molar-refractivity contribution is 0.102. The largest absolute Gasteiger partial charge is 0.321 e. The Morgan fingerprint density at radius 2 is 1.46 bits per heavy atom. The predicted molar refractivity (Wildman–Crippen MR) is 103 cm³/mol. The van der Waals surface area contributed by atoms with E-state index in [-0.39, 0.29) is 5.91 Å². The molecular weight excluding hydrogens is 373 g/mol. The first-order valence-corrected chi connectivity index (χ1v) is 8.37. The van der Waals surface area contributed by atoms with E-state index in [4.69, 9.17) is 23.2 Å². The van der Waals surface area contributed by atoms with Crippen molar-refractivity contribution in [1.29, 1.82) is 0 Å². The van der Waals surface area contributed by atoms with Crippen LogP contribution < -0.4 is 10.6 Å². The molecule has 0 unspecified atom stereocenters. The van der Waals surface area contributed by atoms with E-state index in [1.54, 1.807) is 60.7 Å².